The van der Waals surface area contributed by atoms with Crippen LogP contribution < -0.4 is 0 Å². The van der Waals surface area contributed by atoms with Crippen LogP contribution in [0.2, 0.25) is 0 Å². The Morgan fingerprint density at radius 1 is 1.47 bits per heavy atom. The van der Waals surface area contributed by atoms with E-state index in [0.717, 1.165) is 0 Å². The van der Waals surface area contributed by atoms with Gasteiger partial charge in [-0.05, 0) is 18.6 Å². The summed E-state index contributed by atoms with van der Waals surface area (Å²) in [5.74, 6) is -0.416. The van der Waals surface area contributed by atoms with Crippen molar-refractivity contribution in [2.45, 2.75) is 19.4 Å². The quantitative estimate of drug-likeness (QED) is 0.729. The molecule has 0 saturated heterocycles. The fourth-order valence-corrected chi connectivity index (χ4v) is 1.47. The molecular weight excluding hydrogens is 218 g/mol. The van der Waals surface area contributed by atoms with Crippen molar-refractivity contribution >= 4 is 5.97 Å². The van der Waals surface area contributed by atoms with E-state index in [1.165, 1.54) is 0 Å². The minimum Gasteiger partial charge on any atom is -0.457 e. The summed E-state index contributed by atoms with van der Waals surface area (Å²) in [6.45, 7) is 2.11. The van der Waals surface area contributed by atoms with E-state index in [4.69, 9.17) is 14.7 Å². The lowest BCUT2D eigenvalue weighted by atomic mass is 10.1. The van der Waals surface area contributed by atoms with Gasteiger partial charge in [0.05, 0.1) is 24.7 Å². The summed E-state index contributed by atoms with van der Waals surface area (Å²) in [4.78, 5) is 11.8. The molecule has 0 spiro atoms. The van der Waals surface area contributed by atoms with Crippen molar-refractivity contribution in [2.24, 2.45) is 0 Å². The van der Waals surface area contributed by atoms with Crippen LogP contribution in [0.4, 0.5) is 0 Å². The number of carbonyl (C=O) groups excluding carboxylic acids is 1. The second kappa shape index (κ2) is 6.66. The van der Waals surface area contributed by atoms with Gasteiger partial charge in [-0.15, -0.1) is 0 Å². The third-order valence-corrected chi connectivity index (χ3v) is 2.22. The fourth-order valence-electron chi connectivity index (χ4n) is 1.47. The van der Waals surface area contributed by atoms with Crippen LogP contribution in [-0.2, 0) is 15.9 Å². The first kappa shape index (κ1) is 13.2. The number of nitriles is 1. The first-order chi connectivity index (χ1) is 8.19. The molecule has 0 aliphatic carbocycles. The van der Waals surface area contributed by atoms with Crippen LogP contribution in [0, 0.1) is 11.3 Å². The van der Waals surface area contributed by atoms with Gasteiger partial charge in [0.2, 0.25) is 0 Å². The molecule has 1 rings (SSSR count). The van der Waals surface area contributed by atoms with Crippen LogP contribution in [0.25, 0.3) is 0 Å². The summed E-state index contributed by atoms with van der Waals surface area (Å²) in [6.07, 6.45) is -0.105. The molecule has 1 atom stereocenters. The van der Waals surface area contributed by atoms with Gasteiger partial charge in [-0.2, -0.15) is 5.26 Å². The van der Waals surface area contributed by atoms with Gasteiger partial charge < -0.3 is 9.47 Å². The molecule has 17 heavy (non-hydrogen) atoms. The van der Waals surface area contributed by atoms with Crippen molar-refractivity contribution in [3.63, 3.8) is 0 Å². The zero-order valence-corrected chi connectivity index (χ0v) is 9.97. The largest absolute Gasteiger partial charge is 0.457 e. The van der Waals surface area contributed by atoms with Crippen LogP contribution in [-0.4, -0.2) is 25.8 Å². The SMILES string of the molecule is COCC(C)OC(=O)c1ccccc1CC#N. The van der Waals surface area contributed by atoms with Gasteiger partial charge in [-0.1, -0.05) is 18.2 Å². The van der Waals surface area contributed by atoms with E-state index in [1.54, 1.807) is 38.3 Å². The number of hydrogen-bond acceptors (Lipinski definition) is 4. The first-order valence-electron chi connectivity index (χ1n) is 5.33. The molecule has 0 radical (unpaired) electrons. The zero-order valence-electron chi connectivity index (χ0n) is 9.97. The standard InChI is InChI=1S/C13H15NO3/c1-10(9-16-2)17-13(15)12-6-4-3-5-11(12)7-8-14/h3-6,10H,7,9H2,1-2H3. The Morgan fingerprint density at radius 2 is 2.18 bits per heavy atom. The third-order valence-electron chi connectivity index (χ3n) is 2.22. The van der Waals surface area contributed by atoms with Gasteiger partial charge in [-0.25, -0.2) is 4.79 Å². The lowest BCUT2D eigenvalue weighted by Crippen LogP contribution is -2.20. The molecule has 0 amide bonds. The average Bonchev–Trinajstić information content (AvgIpc) is 2.30. The van der Waals surface area contributed by atoms with E-state index in [0.29, 0.717) is 17.7 Å². The van der Waals surface area contributed by atoms with Crippen LogP contribution in [0.1, 0.15) is 22.8 Å². The highest BCUT2D eigenvalue weighted by Gasteiger charge is 2.15. The number of esters is 1. The van der Waals surface area contributed by atoms with E-state index in [9.17, 15) is 4.79 Å². The topological polar surface area (TPSA) is 59.3 Å². The van der Waals surface area contributed by atoms with Crippen molar-refractivity contribution in [1.82, 2.24) is 0 Å². The maximum Gasteiger partial charge on any atom is 0.338 e. The number of benzene rings is 1. The summed E-state index contributed by atoms with van der Waals surface area (Å²) in [6, 6.07) is 8.98. The molecule has 0 N–H and O–H groups in total. The van der Waals surface area contributed by atoms with Crippen LogP contribution >= 0.6 is 0 Å². The Labute approximate surface area is 101 Å². The molecule has 0 bridgehead atoms. The average molecular weight is 233 g/mol. The Balaban J connectivity index is 2.78. The Bertz CT molecular complexity index is 423. The van der Waals surface area contributed by atoms with E-state index in [-0.39, 0.29) is 12.5 Å². The predicted molar refractivity (Wildman–Crippen MR) is 62.5 cm³/mol. The number of ether oxygens (including phenoxy) is 2. The number of nitrogens with zero attached hydrogens (tertiary/aromatic N) is 1. The van der Waals surface area contributed by atoms with E-state index in [1.807, 2.05) is 6.07 Å². The summed E-state index contributed by atoms with van der Waals surface area (Å²) >= 11 is 0. The maximum absolute atomic E-state index is 11.8. The van der Waals surface area contributed by atoms with Gasteiger partial charge in [0.25, 0.3) is 0 Å². The van der Waals surface area contributed by atoms with Gasteiger partial charge >= 0.3 is 5.97 Å². The molecule has 0 aliphatic rings. The lowest BCUT2D eigenvalue weighted by Gasteiger charge is -2.13. The second-order valence-corrected chi connectivity index (χ2v) is 3.66. The summed E-state index contributed by atoms with van der Waals surface area (Å²) in [5.41, 5.74) is 1.13. The Hall–Kier alpha value is -1.86. The molecule has 4 nitrogen and oxygen atoms in total. The molecule has 0 fully saturated rings. The summed E-state index contributed by atoms with van der Waals surface area (Å²) in [5, 5.41) is 8.67. The van der Waals surface area contributed by atoms with Gasteiger partial charge in [-0.3, -0.25) is 0 Å². The predicted octanol–water partition coefficient (Wildman–Crippen LogP) is 1.94. The minimum absolute atomic E-state index is 0.198. The molecule has 0 saturated carbocycles. The molecule has 1 aromatic rings. The minimum atomic E-state index is -0.416. The third kappa shape index (κ3) is 3.89. The highest BCUT2D eigenvalue weighted by molar-refractivity contribution is 5.91. The summed E-state index contributed by atoms with van der Waals surface area (Å²) in [7, 11) is 1.55. The molecule has 1 unspecified atom stereocenters. The van der Waals surface area contributed by atoms with Gasteiger partial charge in [0, 0.05) is 7.11 Å². The highest BCUT2D eigenvalue weighted by atomic mass is 16.6. The monoisotopic (exact) mass is 233 g/mol. The number of rotatable bonds is 5. The van der Waals surface area contributed by atoms with E-state index in [2.05, 4.69) is 0 Å². The first-order valence-corrected chi connectivity index (χ1v) is 5.33. The molecule has 0 aliphatic heterocycles. The molecular formula is C13H15NO3. The maximum atomic E-state index is 11.8. The fraction of sp³-hybridized carbons (Fsp3) is 0.385. The van der Waals surface area contributed by atoms with Crippen LogP contribution in [0.5, 0.6) is 0 Å². The van der Waals surface area contributed by atoms with Gasteiger partial charge in [0.1, 0.15) is 6.10 Å². The van der Waals surface area contributed by atoms with Crippen molar-refractivity contribution in [3.05, 3.63) is 35.4 Å². The molecule has 1 aromatic carbocycles. The Kier molecular flexibility index (Phi) is 5.18. The lowest BCUT2D eigenvalue weighted by molar-refractivity contribution is 0.0119. The zero-order chi connectivity index (χ0) is 12.7. The number of hydrogen-bond donors (Lipinski definition) is 0. The molecule has 0 heterocycles. The van der Waals surface area contributed by atoms with Crippen LogP contribution in [0.15, 0.2) is 24.3 Å². The van der Waals surface area contributed by atoms with E-state index < -0.39 is 5.97 Å². The highest BCUT2D eigenvalue weighted by Crippen LogP contribution is 2.12. The molecule has 4 heteroatoms. The smallest absolute Gasteiger partial charge is 0.338 e. The Morgan fingerprint density at radius 3 is 2.82 bits per heavy atom. The van der Waals surface area contributed by atoms with Crippen LogP contribution in [0.3, 0.4) is 0 Å². The molecule has 0 aromatic heterocycles. The van der Waals surface area contributed by atoms with Gasteiger partial charge in [0.15, 0.2) is 0 Å². The second-order valence-electron chi connectivity index (χ2n) is 3.66. The normalized spacial score (nSPS) is 11.6. The van der Waals surface area contributed by atoms with Crippen molar-refractivity contribution in [3.8, 4) is 6.07 Å². The molecule has 90 valence electrons. The van der Waals surface area contributed by atoms with Crippen molar-refractivity contribution in [2.75, 3.05) is 13.7 Å². The van der Waals surface area contributed by atoms with Crippen molar-refractivity contribution < 1.29 is 14.3 Å². The van der Waals surface area contributed by atoms with E-state index >= 15 is 0 Å². The summed E-state index contributed by atoms with van der Waals surface area (Å²) < 4.78 is 10.1. The van der Waals surface area contributed by atoms with Crippen molar-refractivity contribution in [1.29, 1.82) is 5.26 Å². The number of methoxy groups -OCH3 is 1. The number of carbonyl (C=O) groups is 1.